The molecule has 1 heterocycles. The largest absolute Gasteiger partial charge is 0.468 e. The third-order valence-electron chi connectivity index (χ3n) is 2.65. The predicted octanol–water partition coefficient (Wildman–Crippen LogP) is 2.37. The fourth-order valence-corrected chi connectivity index (χ4v) is 1.75. The van der Waals surface area contributed by atoms with E-state index in [0.29, 0.717) is 0 Å². The molecule has 0 aliphatic carbocycles. The summed E-state index contributed by atoms with van der Waals surface area (Å²) in [6.45, 7) is 1.63. The van der Waals surface area contributed by atoms with Crippen molar-refractivity contribution in [1.29, 1.82) is 0 Å². The summed E-state index contributed by atoms with van der Waals surface area (Å²) in [4.78, 5) is 17.9. The topological polar surface area (TPSA) is 104 Å². The van der Waals surface area contributed by atoms with E-state index in [1.807, 2.05) is 36.4 Å². The number of aryl methyl sites for hydroxylation is 1. The summed E-state index contributed by atoms with van der Waals surface area (Å²) in [5, 5.41) is 11.0. The lowest BCUT2D eigenvalue weighted by Gasteiger charge is -2.05. The molecule has 0 radical (unpaired) electrons. The highest BCUT2D eigenvalue weighted by Gasteiger charge is 2.22. The number of anilines is 1. The Balaban J connectivity index is 2.10. The molecule has 0 atom stereocenters. The molecule has 0 aliphatic rings. The average molecular weight is 286 g/mol. The maximum Gasteiger partial charge on any atom is 0.352 e. The summed E-state index contributed by atoms with van der Waals surface area (Å²) in [5.41, 5.74) is 6.40. The molecule has 1 aromatic carbocycles. The molecule has 0 saturated heterocycles. The zero-order valence-corrected chi connectivity index (χ0v) is 11.4. The summed E-state index contributed by atoms with van der Waals surface area (Å²) in [6, 6.07) is 9.63. The molecule has 0 bridgehead atoms. The van der Waals surface area contributed by atoms with E-state index in [1.165, 1.54) is 6.92 Å². The van der Waals surface area contributed by atoms with Crippen LogP contribution in [0.2, 0.25) is 0 Å². The van der Waals surface area contributed by atoms with E-state index in [2.05, 4.69) is 9.97 Å². The number of aromatic nitrogens is 2. The SMILES string of the molecule is Cc1nc(N)nc(OC/C=C/c2ccccc2)c1[N+](=O)[O-]. The van der Waals surface area contributed by atoms with Gasteiger partial charge in [-0.2, -0.15) is 4.98 Å². The Bertz CT molecular complexity index is 671. The summed E-state index contributed by atoms with van der Waals surface area (Å²) in [5.74, 6) is -0.178. The van der Waals surface area contributed by atoms with E-state index in [4.69, 9.17) is 10.5 Å². The van der Waals surface area contributed by atoms with Crippen LogP contribution >= 0.6 is 0 Å². The van der Waals surface area contributed by atoms with Crippen molar-refractivity contribution in [2.75, 3.05) is 12.3 Å². The van der Waals surface area contributed by atoms with Crippen LogP contribution in [-0.2, 0) is 0 Å². The van der Waals surface area contributed by atoms with E-state index in [0.717, 1.165) is 5.56 Å². The molecule has 2 rings (SSSR count). The number of nitrogen functional groups attached to an aromatic ring is 1. The van der Waals surface area contributed by atoms with Gasteiger partial charge < -0.3 is 10.5 Å². The van der Waals surface area contributed by atoms with E-state index in [-0.39, 0.29) is 29.8 Å². The second kappa shape index (κ2) is 6.47. The smallest absolute Gasteiger partial charge is 0.352 e. The molecule has 21 heavy (non-hydrogen) atoms. The van der Waals surface area contributed by atoms with Crippen LogP contribution in [-0.4, -0.2) is 21.5 Å². The normalized spacial score (nSPS) is 10.7. The lowest BCUT2D eigenvalue weighted by molar-refractivity contribution is -0.387. The van der Waals surface area contributed by atoms with Crippen LogP contribution in [0.25, 0.3) is 6.08 Å². The number of rotatable bonds is 5. The van der Waals surface area contributed by atoms with Crippen molar-refractivity contribution < 1.29 is 9.66 Å². The predicted molar refractivity (Wildman–Crippen MR) is 78.8 cm³/mol. The van der Waals surface area contributed by atoms with Gasteiger partial charge in [0.15, 0.2) is 0 Å². The molecule has 108 valence electrons. The number of nitrogens with two attached hydrogens (primary N) is 1. The second-order valence-corrected chi connectivity index (χ2v) is 4.20. The zero-order chi connectivity index (χ0) is 15.2. The first-order chi connectivity index (χ1) is 10.1. The maximum atomic E-state index is 11.0. The van der Waals surface area contributed by atoms with Crippen molar-refractivity contribution in [1.82, 2.24) is 9.97 Å². The minimum absolute atomic E-state index is 0.0554. The number of nitro groups is 1. The number of hydrogen-bond acceptors (Lipinski definition) is 6. The van der Waals surface area contributed by atoms with E-state index >= 15 is 0 Å². The molecule has 1 aromatic heterocycles. The van der Waals surface area contributed by atoms with Gasteiger partial charge in [0.2, 0.25) is 5.95 Å². The minimum atomic E-state index is -0.578. The van der Waals surface area contributed by atoms with Gasteiger partial charge in [0, 0.05) is 0 Å². The van der Waals surface area contributed by atoms with Crippen LogP contribution < -0.4 is 10.5 Å². The fourth-order valence-electron chi connectivity index (χ4n) is 1.75. The number of nitrogens with zero attached hydrogens (tertiary/aromatic N) is 3. The van der Waals surface area contributed by atoms with Gasteiger partial charge in [-0.05, 0) is 18.6 Å². The molecule has 2 N–H and O–H groups in total. The highest BCUT2D eigenvalue weighted by Crippen LogP contribution is 2.27. The van der Waals surface area contributed by atoms with E-state index in [9.17, 15) is 10.1 Å². The highest BCUT2D eigenvalue weighted by atomic mass is 16.6. The molecule has 7 heteroatoms. The number of ether oxygens (including phenoxy) is 1. The average Bonchev–Trinajstić information content (AvgIpc) is 2.43. The van der Waals surface area contributed by atoms with Gasteiger partial charge in [-0.25, -0.2) is 4.98 Å². The van der Waals surface area contributed by atoms with Gasteiger partial charge in [0.25, 0.3) is 5.88 Å². The van der Waals surface area contributed by atoms with Gasteiger partial charge in [-0.15, -0.1) is 0 Å². The van der Waals surface area contributed by atoms with Crippen LogP contribution in [0.15, 0.2) is 36.4 Å². The molecule has 2 aromatic rings. The Morgan fingerprint density at radius 1 is 1.33 bits per heavy atom. The number of hydrogen-bond donors (Lipinski definition) is 1. The Labute approximate surface area is 121 Å². The summed E-state index contributed by atoms with van der Waals surface area (Å²) >= 11 is 0. The van der Waals surface area contributed by atoms with Gasteiger partial charge in [-0.1, -0.05) is 36.4 Å². The molecule has 0 unspecified atom stereocenters. The van der Waals surface area contributed by atoms with E-state index in [1.54, 1.807) is 6.08 Å². The molecule has 7 nitrogen and oxygen atoms in total. The van der Waals surface area contributed by atoms with E-state index < -0.39 is 4.92 Å². The third-order valence-corrected chi connectivity index (χ3v) is 2.65. The van der Waals surface area contributed by atoms with Gasteiger partial charge in [0.05, 0.1) is 4.92 Å². The Kier molecular flexibility index (Phi) is 4.45. The third kappa shape index (κ3) is 3.75. The Morgan fingerprint density at radius 3 is 2.71 bits per heavy atom. The van der Waals surface area contributed by atoms with Crippen LogP contribution in [0.4, 0.5) is 11.6 Å². The van der Waals surface area contributed by atoms with Crippen molar-refractivity contribution in [2.24, 2.45) is 0 Å². The van der Waals surface area contributed by atoms with Crippen molar-refractivity contribution in [2.45, 2.75) is 6.92 Å². The molecule has 0 saturated carbocycles. The summed E-state index contributed by atoms with van der Waals surface area (Å²) in [6.07, 6.45) is 3.59. The molecule has 0 spiro atoms. The zero-order valence-electron chi connectivity index (χ0n) is 11.4. The Hall–Kier alpha value is -2.96. The molecule has 0 amide bonds. The van der Waals surface area contributed by atoms with Crippen molar-refractivity contribution >= 4 is 17.7 Å². The quantitative estimate of drug-likeness (QED) is 0.668. The standard InChI is InChI=1S/C14H14N4O3/c1-10-12(18(19)20)13(17-14(15)16-10)21-9-5-8-11-6-3-2-4-7-11/h2-8H,9H2,1H3,(H2,15,16,17)/b8-5+. The van der Waals surface area contributed by atoms with Crippen LogP contribution in [0, 0.1) is 17.0 Å². The minimum Gasteiger partial charge on any atom is -0.468 e. The first kappa shape index (κ1) is 14.4. The molecule has 0 fully saturated rings. The van der Waals surface area contributed by atoms with Gasteiger partial charge in [-0.3, -0.25) is 10.1 Å². The lowest BCUT2D eigenvalue weighted by Crippen LogP contribution is -2.07. The molecular weight excluding hydrogens is 272 g/mol. The van der Waals surface area contributed by atoms with Crippen molar-refractivity contribution in [3.05, 3.63) is 57.8 Å². The molecule has 0 aliphatic heterocycles. The lowest BCUT2D eigenvalue weighted by atomic mass is 10.2. The monoisotopic (exact) mass is 286 g/mol. The maximum absolute atomic E-state index is 11.0. The van der Waals surface area contributed by atoms with Crippen molar-refractivity contribution in [3.63, 3.8) is 0 Å². The first-order valence-corrected chi connectivity index (χ1v) is 6.21. The summed E-state index contributed by atoms with van der Waals surface area (Å²) < 4.78 is 5.32. The van der Waals surface area contributed by atoms with Gasteiger partial charge in [0.1, 0.15) is 12.3 Å². The van der Waals surface area contributed by atoms with Crippen LogP contribution in [0.5, 0.6) is 5.88 Å². The molecular formula is C14H14N4O3. The van der Waals surface area contributed by atoms with Crippen LogP contribution in [0.3, 0.4) is 0 Å². The first-order valence-electron chi connectivity index (χ1n) is 6.21. The van der Waals surface area contributed by atoms with Crippen molar-refractivity contribution in [3.8, 4) is 5.88 Å². The van der Waals surface area contributed by atoms with Crippen LogP contribution in [0.1, 0.15) is 11.3 Å². The highest BCUT2D eigenvalue weighted by molar-refractivity contribution is 5.50. The van der Waals surface area contributed by atoms with Gasteiger partial charge >= 0.3 is 5.69 Å². The second-order valence-electron chi connectivity index (χ2n) is 4.20. The fraction of sp³-hybridized carbons (Fsp3) is 0.143. The summed E-state index contributed by atoms with van der Waals surface area (Å²) in [7, 11) is 0. The number of benzene rings is 1. The Morgan fingerprint density at radius 2 is 2.05 bits per heavy atom.